The molecule has 0 unspecified atom stereocenters. The summed E-state index contributed by atoms with van der Waals surface area (Å²) in [6.45, 7) is -0.140. The predicted molar refractivity (Wildman–Crippen MR) is 71.9 cm³/mol. The minimum atomic E-state index is -3.70. The molecule has 0 aliphatic heterocycles. The van der Waals surface area contributed by atoms with E-state index in [0.717, 1.165) is 0 Å². The fourth-order valence-electron chi connectivity index (χ4n) is 1.62. The van der Waals surface area contributed by atoms with E-state index in [1.54, 1.807) is 18.2 Å². The predicted octanol–water partition coefficient (Wildman–Crippen LogP) is 1.30. The molecule has 0 bridgehead atoms. The summed E-state index contributed by atoms with van der Waals surface area (Å²) in [6.07, 6.45) is 1.81. The van der Waals surface area contributed by atoms with Crippen molar-refractivity contribution >= 4 is 10.0 Å². The Bertz CT molecular complexity index is 651. The zero-order valence-electron chi connectivity index (χ0n) is 10.8. The zero-order chi connectivity index (χ0) is 14.6. The van der Waals surface area contributed by atoms with Crippen molar-refractivity contribution in [1.29, 1.82) is 0 Å². The van der Waals surface area contributed by atoms with Gasteiger partial charge >= 0.3 is 0 Å². The molecular formula is C13H15NO5S. The number of sulfonamides is 1. The second-order valence-corrected chi connectivity index (χ2v) is 5.87. The second-order valence-electron chi connectivity index (χ2n) is 4.10. The van der Waals surface area contributed by atoms with Gasteiger partial charge in [0.15, 0.2) is 0 Å². The van der Waals surface area contributed by atoms with E-state index < -0.39 is 16.1 Å². The number of furan rings is 1. The van der Waals surface area contributed by atoms with E-state index in [2.05, 4.69) is 4.72 Å². The molecule has 0 radical (unpaired) electrons. The van der Waals surface area contributed by atoms with Gasteiger partial charge in [0.1, 0.15) is 5.75 Å². The van der Waals surface area contributed by atoms with Crippen molar-refractivity contribution in [2.24, 2.45) is 0 Å². The van der Waals surface area contributed by atoms with Crippen molar-refractivity contribution in [2.75, 3.05) is 13.7 Å². The maximum Gasteiger partial charge on any atom is 0.240 e. The summed E-state index contributed by atoms with van der Waals surface area (Å²) in [5.41, 5.74) is 0.512. The number of aliphatic hydroxyl groups excluding tert-OH is 1. The lowest BCUT2D eigenvalue weighted by atomic mass is 10.2. The van der Waals surface area contributed by atoms with E-state index in [9.17, 15) is 13.5 Å². The normalized spacial score (nSPS) is 13.1. The van der Waals surface area contributed by atoms with E-state index >= 15 is 0 Å². The van der Waals surface area contributed by atoms with Crippen molar-refractivity contribution < 1.29 is 22.7 Å². The van der Waals surface area contributed by atoms with Gasteiger partial charge in [-0.25, -0.2) is 13.1 Å². The molecule has 2 aromatic rings. The standard InChI is InChI=1S/C13H15NO5S/c1-18-11-3-2-4-12(7-11)20(16,17)14-8-13(15)10-5-6-19-9-10/h2-7,9,13-15H,8H2,1H3/t13-/m1/s1. The van der Waals surface area contributed by atoms with Gasteiger partial charge in [-0.1, -0.05) is 6.07 Å². The maximum atomic E-state index is 12.1. The van der Waals surface area contributed by atoms with Crippen LogP contribution in [0.1, 0.15) is 11.7 Å². The Morgan fingerprint density at radius 3 is 2.85 bits per heavy atom. The van der Waals surface area contributed by atoms with Crippen LogP contribution in [0.2, 0.25) is 0 Å². The van der Waals surface area contributed by atoms with E-state index in [-0.39, 0.29) is 11.4 Å². The highest BCUT2D eigenvalue weighted by atomic mass is 32.2. The van der Waals surface area contributed by atoms with Gasteiger partial charge in [-0.05, 0) is 18.2 Å². The first kappa shape index (κ1) is 14.6. The van der Waals surface area contributed by atoms with Crippen LogP contribution in [0.5, 0.6) is 5.75 Å². The molecule has 0 spiro atoms. The van der Waals surface area contributed by atoms with Gasteiger partial charge in [0, 0.05) is 18.2 Å². The fraction of sp³-hybridized carbons (Fsp3) is 0.231. The number of methoxy groups -OCH3 is 1. The third kappa shape index (κ3) is 3.38. The van der Waals surface area contributed by atoms with Crippen LogP contribution in [0.15, 0.2) is 52.2 Å². The highest BCUT2D eigenvalue weighted by molar-refractivity contribution is 7.89. The number of hydrogen-bond acceptors (Lipinski definition) is 5. The minimum Gasteiger partial charge on any atom is -0.497 e. The van der Waals surface area contributed by atoms with Crippen LogP contribution in [-0.2, 0) is 10.0 Å². The number of ether oxygens (including phenoxy) is 1. The van der Waals surface area contributed by atoms with Crippen LogP contribution in [0.3, 0.4) is 0 Å². The van der Waals surface area contributed by atoms with Crippen LogP contribution in [0.25, 0.3) is 0 Å². The largest absolute Gasteiger partial charge is 0.497 e. The Hall–Kier alpha value is -1.83. The first-order valence-corrected chi connectivity index (χ1v) is 7.35. The summed E-state index contributed by atoms with van der Waals surface area (Å²) in [4.78, 5) is 0.0799. The van der Waals surface area contributed by atoms with Crippen molar-refractivity contribution in [1.82, 2.24) is 4.72 Å². The monoisotopic (exact) mass is 297 g/mol. The number of nitrogens with one attached hydrogen (secondary N) is 1. The van der Waals surface area contributed by atoms with Crippen molar-refractivity contribution in [3.63, 3.8) is 0 Å². The lowest BCUT2D eigenvalue weighted by Crippen LogP contribution is -2.28. The number of aliphatic hydroxyl groups is 1. The third-order valence-electron chi connectivity index (χ3n) is 2.75. The molecule has 0 fully saturated rings. The Kier molecular flexibility index (Phi) is 4.43. The quantitative estimate of drug-likeness (QED) is 0.839. The van der Waals surface area contributed by atoms with Gasteiger partial charge in [-0.3, -0.25) is 0 Å². The summed E-state index contributed by atoms with van der Waals surface area (Å²) in [5.74, 6) is 0.447. The Labute approximate surface area is 117 Å². The fourth-order valence-corrected chi connectivity index (χ4v) is 2.70. The molecule has 20 heavy (non-hydrogen) atoms. The molecule has 0 saturated carbocycles. The highest BCUT2D eigenvalue weighted by Crippen LogP contribution is 2.18. The van der Waals surface area contributed by atoms with Crippen molar-refractivity contribution in [3.05, 3.63) is 48.4 Å². The molecule has 0 aliphatic rings. The molecule has 108 valence electrons. The SMILES string of the molecule is COc1cccc(S(=O)(=O)NC[C@@H](O)c2ccoc2)c1. The van der Waals surface area contributed by atoms with Gasteiger partial charge in [0.2, 0.25) is 10.0 Å². The van der Waals surface area contributed by atoms with Gasteiger partial charge < -0.3 is 14.3 Å². The molecule has 6 nitrogen and oxygen atoms in total. The van der Waals surface area contributed by atoms with Crippen LogP contribution < -0.4 is 9.46 Å². The Morgan fingerprint density at radius 1 is 1.40 bits per heavy atom. The number of rotatable bonds is 6. The Morgan fingerprint density at radius 2 is 2.20 bits per heavy atom. The van der Waals surface area contributed by atoms with E-state index in [1.807, 2.05) is 0 Å². The van der Waals surface area contributed by atoms with Gasteiger partial charge in [-0.15, -0.1) is 0 Å². The summed E-state index contributed by atoms with van der Waals surface area (Å²) in [5, 5.41) is 9.81. The average Bonchev–Trinajstić information content (AvgIpc) is 2.99. The molecule has 2 rings (SSSR count). The van der Waals surface area contributed by atoms with E-state index in [1.165, 1.54) is 31.8 Å². The smallest absolute Gasteiger partial charge is 0.240 e. The van der Waals surface area contributed by atoms with E-state index in [0.29, 0.717) is 11.3 Å². The second kappa shape index (κ2) is 6.08. The molecule has 1 atom stereocenters. The molecule has 0 saturated heterocycles. The number of hydrogen-bond donors (Lipinski definition) is 2. The molecule has 1 aromatic carbocycles. The van der Waals surface area contributed by atoms with E-state index in [4.69, 9.17) is 9.15 Å². The average molecular weight is 297 g/mol. The first-order valence-electron chi connectivity index (χ1n) is 5.87. The van der Waals surface area contributed by atoms with Gasteiger partial charge in [0.25, 0.3) is 0 Å². The summed E-state index contributed by atoms with van der Waals surface area (Å²) >= 11 is 0. The van der Waals surface area contributed by atoms with Crippen LogP contribution in [-0.4, -0.2) is 27.2 Å². The maximum absolute atomic E-state index is 12.1. The summed E-state index contributed by atoms with van der Waals surface area (Å²) in [6, 6.07) is 7.67. The molecule has 1 heterocycles. The van der Waals surface area contributed by atoms with Crippen molar-refractivity contribution in [2.45, 2.75) is 11.0 Å². The van der Waals surface area contributed by atoms with Crippen LogP contribution >= 0.6 is 0 Å². The summed E-state index contributed by atoms with van der Waals surface area (Å²) in [7, 11) is -2.24. The van der Waals surface area contributed by atoms with Crippen LogP contribution in [0, 0.1) is 0 Å². The van der Waals surface area contributed by atoms with Gasteiger partial charge in [0.05, 0.1) is 30.6 Å². The molecule has 2 N–H and O–H groups in total. The van der Waals surface area contributed by atoms with Crippen LogP contribution in [0.4, 0.5) is 0 Å². The number of benzene rings is 1. The lowest BCUT2D eigenvalue weighted by molar-refractivity contribution is 0.181. The topological polar surface area (TPSA) is 88.8 Å². The molecule has 0 aliphatic carbocycles. The molecule has 7 heteroatoms. The first-order chi connectivity index (χ1) is 9.53. The summed E-state index contributed by atoms with van der Waals surface area (Å²) < 4.78 is 36.3. The van der Waals surface area contributed by atoms with Gasteiger partial charge in [-0.2, -0.15) is 0 Å². The lowest BCUT2D eigenvalue weighted by Gasteiger charge is -2.11. The molecule has 0 amide bonds. The zero-order valence-corrected chi connectivity index (χ0v) is 11.6. The van der Waals surface area contributed by atoms with Crippen molar-refractivity contribution in [3.8, 4) is 5.75 Å². The molecular weight excluding hydrogens is 282 g/mol. The third-order valence-corrected chi connectivity index (χ3v) is 4.17. The Balaban J connectivity index is 2.07. The molecule has 1 aromatic heterocycles. The minimum absolute atomic E-state index is 0.0799. The highest BCUT2D eigenvalue weighted by Gasteiger charge is 2.17.